The maximum absolute atomic E-state index is 11.4. The summed E-state index contributed by atoms with van der Waals surface area (Å²) in [6.45, 7) is 2.09. The maximum Gasteiger partial charge on any atom is 0.310 e. The van der Waals surface area contributed by atoms with Gasteiger partial charge in [0, 0.05) is 5.88 Å². The summed E-state index contributed by atoms with van der Waals surface area (Å²) >= 11 is 5.79. The lowest BCUT2D eigenvalue weighted by atomic mass is 10.0. The molecular formula is C13H14ClNO3. The van der Waals surface area contributed by atoms with E-state index in [4.69, 9.17) is 26.3 Å². The SMILES string of the molecule is CCOC(=O)Cc1cc(CCl)c(C#N)c(OC)c1. The van der Waals surface area contributed by atoms with Gasteiger partial charge in [0.2, 0.25) is 0 Å². The molecule has 0 atom stereocenters. The molecule has 0 heterocycles. The van der Waals surface area contributed by atoms with Gasteiger partial charge in [-0.1, -0.05) is 6.07 Å². The number of rotatable bonds is 5. The van der Waals surface area contributed by atoms with Crippen molar-refractivity contribution in [3.63, 3.8) is 0 Å². The Balaban J connectivity index is 3.08. The van der Waals surface area contributed by atoms with Crippen molar-refractivity contribution in [3.8, 4) is 11.8 Å². The number of methoxy groups -OCH3 is 1. The minimum Gasteiger partial charge on any atom is -0.495 e. The second-order valence-corrected chi connectivity index (χ2v) is 3.83. The number of esters is 1. The van der Waals surface area contributed by atoms with Gasteiger partial charge in [-0.2, -0.15) is 5.26 Å². The van der Waals surface area contributed by atoms with E-state index in [1.165, 1.54) is 7.11 Å². The summed E-state index contributed by atoms with van der Waals surface area (Å²) in [5.41, 5.74) is 1.78. The Hall–Kier alpha value is -1.73. The number of carbonyl (C=O) groups is 1. The number of halogens is 1. The first-order chi connectivity index (χ1) is 8.65. The molecule has 0 spiro atoms. The highest BCUT2D eigenvalue weighted by molar-refractivity contribution is 6.17. The van der Waals surface area contributed by atoms with Crippen LogP contribution in [0.4, 0.5) is 0 Å². The van der Waals surface area contributed by atoms with Gasteiger partial charge in [0.1, 0.15) is 11.8 Å². The number of nitriles is 1. The normalized spacial score (nSPS) is 9.67. The van der Waals surface area contributed by atoms with Gasteiger partial charge in [-0.15, -0.1) is 11.6 Å². The van der Waals surface area contributed by atoms with Crippen LogP contribution in [-0.4, -0.2) is 19.7 Å². The molecule has 96 valence electrons. The summed E-state index contributed by atoms with van der Waals surface area (Å²) < 4.78 is 10.00. The summed E-state index contributed by atoms with van der Waals surface area (Å²) in [6.07, 6.45) is 0.139. The predicted molar refractivity (Wildman–Crippen MR) is 67.6 cm³/mol. The number of ether oxygens (including phenoxy) is 2. The Labute approximate surface area is 111 Å². The van der Waals surface area contributed by atoms with E-state index in [9.17, 15) is 4.79 Å². The van der Waals surface area contributed by atoms with Gasteiger partial charge in [-0.05, 0) is 24.1 Å². The Morgan fingerprint density at radius 3 is 2.72 bits per heavy atom. The molecule has 0 bridgehead atoms. The molecule has 4 nitrogen and oxygen atoms in total. The van der Waals surface area contributed by atoms with Crippen LogP contribution in [0.1, 0.15) is 23.6 Å². The van der Waals surface area contributed by atoms with Crippen molar-refractivity contribution in [2.24, 2.45) is 0 Å². The molecule has 0 saturated carbocycles. The number of alkyl halides is 1. The summed E-state index contributed by atoms with van der Waals surface area (Å²) in [5, 5.41) is 9.04. The standard InChI is InChI=1S/C13H14ClNO3/c1-3-18-13(16)6-9-4-10(7-14)11(8-15)12(5-9)17-2/h4-5H,3,6-7H2,1-2H3. The summed E-state index contributed by atoms with van der Waals surface area (Å²) in [5.74, 6) is 0.301. The summed E-state index contributed by atoms with van der Waals surface area (Å²) in [6, 6.07) is 5.43. The van der Waals surface area contributed by atoms with Gasteiger partial charge in [-0.3, -0.25) is 4.79 Å². The smallest absolute Gasteiger partial charge is 0.310 e. The number of benzene rings is 1. The van der Waals surface area contributed by atoms with Crippen molar-refractivity contribution < 1.29 is 14.3 Å². The van der Waals surface area contributed by atoms with E-state index in [2.05, 4.69) is 0 Å². The minimum absolute atomic E-state index is 0.139. The second-order valence-electron chi connectivity index (χ2n) is 3.56. The fraction of sp³-hybridized carbons (Fsp3) is 0.385. The third-order valence-corrected chi connectivity index (χ3v) is 2.66. The van der Waals surface area contributed by atoms with Gasteiger partial charge in [0.25, 0.3) is 0 Å². The third-order valence-electron chi connectivity index (χ3n) is 2.37. The average molecular weight is 268 g/mol. The quantitative estimate of drug-likeness (QED) is 0.607. The van der Waals surface area contributed by atoms with E-state index in [0.717, 1.165) is 5.56 Å². The van der Waals surface area contributed by atoms with Crippen LogP contribution < -0.4 is 4.74 Å². The van der Waals surface area contributed by atoms with Gasteiger partial charge >= 0.3 is 5.97 Å². The van der Waals surface area contributed by atoms with Gasteiger partial charge in [0.15, 0.2) is 0 Å². The van der Waals surface area contributed by atoms with E-state index in [0.29, 0.717) is 23.5 Å². The molecule has 0 radical (unpaired) electrons. The predicted octanol–water partition coefficient (Wildman–Crippen LogP) is 2.41. The molecule has 0 aromatic heterocycles. The van der Waals surface area contributed by atoms with E-state index < -0.39 is 0 Å². The zero-order chi connectivity index (χ0) is 13.5. The van der Waals surface area contributed by atoms with Gasteiger partial charge in [-0.25, -0.2) is 0 Å². The van der Waals surface area contributed by atoms with Crippen molar-refractivity contribution in [2.45, 2.75) is 19.2 Å². The van der Waals surface area contributed by atoms with Crippen molar-refractivity contribution >= 4 is 17.6 Å². The molecule has 0 aliphatic heterocycles. The lowest BCUT2D eigenvalue weighted by molar-refractivity contribution is -0.142. The van der Waals surface area contributed by atoms with Crippen LogP contribution in [0.25, 0.3) is 0 Å². The third kappa shape index (κ3) is 3.38. The van der Waals surface area contributed by atoms with Crippen LogP contribution in [0.3, 0.4) is 0 Å². The molecule has 1 aromatic rings. The molecule has 0 aliphatic rings. The molecule has 0 saturated heterocycles. The summed E-state index contributed by atoms with van der Waals surface area (Å²) in [7, 11) is 1.47. The molecule has 0 amide bonds. The number of carbonyl (C=O) groups excluding carboxylic acids is 1. The largest absolute Gasteiger partial charge is 0.495 e. The first-order valence-corrected chi connectivity index (χ1v) is 6.01. The monoisotopic (exact) mass is 267 g/mol. The van der Waals surface area contributed by atoms with E-state index in [1.807, 2.05) is 6.07 Å². The minimum atomic E-state index is -0.315. The van der Waals surface area contributed by atoms with Crippen LogP contribution in [0, 0.1) is 11.3 Å². The van der Waals surface area contributed by atoms with Crippen LogP contribution in [0.15, 0.2) is 12.1 Å². The molecule has 0 fully saturated rings. The molecular weight excluding hydrogens is 254 g/mol. The van der Waals surface area contributed by atoms with E-state index >= 15 is 0 Å². The van der Waals surface area contributed by atoms with Gasteiger partial charge < -0.3 is 9.47 Å². The van der Waals surface area contributed by atoms with E-state index in [1.54, 1.807) is 19.1 Å². The lowest BCUT2D eigenvalue weighted by Crippen LogP contribution is -2.08. The topological polar surface area (TPSA) is 59.3 Å². The van der Waals surface area contributed by atoms with Crippen LogP contribution in [0.2, 0.25) is 0 Å². The average Bonchev–Trinajstić information content (AvgIpc) is 2.37. The molecule has 18 heavy (non-hydrogen) atoms. The first-order valence-electron chi connectivity index (χ1n) is 5.47. The Morgan fingerprint density at radius 2 is 2.22 bits per heavy atom. The molecule has 1 rings (SSSR count). The number of hydrogen-bond donors (Lipinski definition) is 0. The van der Waals surface area contributed by atoms with Crippen molar-refractivity contribution in [2.75, 3.05) is 13.7 Å². The second kappa shape index (κ2) is 6.87. The highest BCUT2D eigenvalue weighted by Crippen LogP contribution is 2.25. The van der Waals surface area contributed by atoms with E-state index in [-0.39, 0.29) is 18.3 Å². The lowest BCUT2D eigenvalue weighted by Gasteiger charge is -2.10. The van der Waals surface area contributed by atoms with Gasteiger partial charge in [0.05, 0.1) is 25.7 Å². The number of hydrogen-bond acceptors (Lipinski definition) is 4. The first kappa shape index (κ1) is 14.3. The molecule has 0 unspecified atom stereocenters. The highest BCUT2D eigenvalue weighted by atomic mass is 35.5. The fourth-order valence-electron chi connectivity index (χ4n) is 1.61. The van der Waals surface area contributed by atoms with Crippen LogP contribution in [0.5, 0.6) is 5.75 Å². The van der Waals surface area contributed by atoms with Crippen molar-refractivity contribution in [3.05, 3.63) is 28.8 Å². The Morgan fingerprint density at radius 1 is 1.50 bits per heavy atom. The zero-order valence-corrected chi connectivity index (χ0v) is 11.1. The Bertz CT molecular complexity index is 455. The molecule has 0 N–H and O–H groups in total. The molecule has 1 aromatic carbocycles. The van der Waals surface area contributed by atoms with Crippen molar-refractivity contribution in [1.29, 1.82) is 5.26 Å². The Kier molecular flexibility index (Phi) is 5.47. The molecule has 0 aliphatic carbocycles. The highest BCUT2D eigenvalue weighted by Gasteiger charge is 2.13. The van der Waals surface area contributed by atoms with Crippen molar-refractivity contribution in [1.82, 2.24) is 0 Å². The molecule has 5 heteroatoms. The van der Waals surface area contributed by atoms with Crippen LogP contribution >= 0.6 is 11.6 Å². The number of nitrogens with zero attached hydrogens (tertiary/aromatic N) is 1. The maximum atomic E-state index is 11.4. The summed E-state index contributed by atoms with van der Waals surface area (Å²) in [4.78, 5) is 11.4. The fourth-order valence-corrected chi connectivity index (χ4v) is 1.82. The van der Waals surface area contributed by atoms with Crippen LogP contribution in [-0.2, 0) is 21.8 Å². The zero-order valence-electron chi connectivity index (χ0n) is 10.3.